The van der Waals surface area contributed by atoms with Crippen molar-refractivity contribution < 1.29 is 4.79 Å². The molecule has 140 valence electrons. The third kappa shape index (κ3) is 3.95. The molecule has 0 aliphatic heterocycles. The van der Waals surface area contributed by atoms with Crippen molar-refractivity contribution in [2.75, 3.05) is 5.32 Å². The summed E-state index contributed by atoms with van der Waals surface area (Å²) < 4.78 is 1.85. The average Bonchev–Trinajstić information content (AvgIpc) is 3.07. The predicted molar refractivity (Wildman–Crippen MR) is 111 cm³/mol. The molecule has 0 bridgehead atoms. The lowest BCUT2D eigenvalue weighted by atomic mass is 9.92. The molecule has 0 aliphatic rings. The summed E-state index contributed by atoms with van der Waals surface area (Å²) in [5.41, 5.74) is 5.91. The van der Waals surface area contributed by atoms with Gasteiger partial charge >= 0.3 is 0 Å². The van der Waals surface area contributed by atoms with Crippen molar-refractivity contribution in [2.24, 2.45) is 0 Å². The van der Waals surface area contributed by atoms with Crippen LogP contribution < -0.4 is 5.32 Å². The Bertz CT molecular complexity index is 910. The lowest BCUT2D eigenvalue weighted by Gasteiger charge is -2.20. The topological polar surface area (TPSA) is 46.9 Å². The van der Waals surface area contributed by atoms with E-state index in [1.807, 2.05) is 41.9 Å². The van der Waals surface area contributed by atoms with E-state index in [1.165, 1.54) is 11.1 Å². The van der Waals surface area contributed by atoms with Crippen molar-refractivity contribution >= 4 is 11.6 Å². The lowest BCUT2D eigenvalue weighted by Crippen LogP contribution is -2.16. The van der Waals surface area contributed by atoms with Crippen molar-refractivity contribution in [3.05, 3.63) is 77.1 Å². The van der Waals surface area contributed by atoms with Crippen LogP contribution in [0.25, 0.3) is 5.69 Å². The number of carbonyl (C=O) groups is 1. The summed E-state index contributed by atoms with van der Waals surface area (Å²) in [6, 6.07) is 15.8. The molecule has 3 aromatic rings. The Morgan fingerprint density at radius 1 is 0.926 bits per heavy atom. The number of nitrogens with zero attached hydrogens (tertiary/aromatic N) is 2. The minimum Gasteiger partial charge on any atom is -0.321 e. The number of rotatable bonds is 5. The van der Waals surface area contributed by atoms with Gasteiger partial charge in [-0.25, -0.2) is 4.68 Å². The molecule has 0 unspecified atom stereocenters. The van der Waals surface area contributed by atoms with Crippen LogP contribution in [0.1, 0.15) is 66.7 Å². The van der Waals surface area contributed by atoms with E-state index in [-0.39, 0.29) is 5.91 Å². The third-order valence-corrected chi connectivity index (χ3v) is 4.82. The molecular weight excluding hydrogens is 334 g/mol. The largest absolute Gasteiger partial charge is 0.321 e. The van der Waals surface area contributed by atoms with Crippen LogP contribution in [0.15, 0.2) is 54.7 Å². The van der Waals surface area contributed by atoms with Gasteiger partial charge in [0.15, 0.2) is 0 Å². The lowest BCUT2D eigenvalue weighted by molar-refractivity contribution is 0.102. The Morgan fingerprint density at radius 3 is 2.00 bits per heavy atom. The van der Waals surface area contributed by atoms with Gasteiger partial charge in [-0.05, 0) is 60.2 Å². The summed E-state index contributed by atoms with van der Waals surface area (Å²) >= 11 is 0. The fourth-order valence-electron chi connectivity index (χ4n) is 3.27. The van der Waals surface area contributed by atoms with Gasteiger partial charge in [0.25, 0.3) is 5.91 Å². The highest BCUT2D eigenvalue weighted by molar-refractivity contribution is 6.05. The molecule has 4 nitrogen and oxygen atoms in total. The van der Waals surface area contributed by atoms with Crippen LogP contribution in [0.2, 0.25) is 0 Å². The molecule has 0 spiro atoms. The highest BCUT2D eigenvalue weighted by atomic mass is 16.1. The molecule has 0 aliphatic carbocycles. The van der Waals surface area contributed by atoms with Gasteiger partial charge in [0.1, 0.15) is 0 Å². The monoisotopic (exact) mass is 361 g/mol. The van der Waals surface area contributed by atoms with E-state index in [4.69, 9.17) is 0 Å². The van der Waals surface area contributed by atoms with Gasteiger partial charge in [0, 0.05) is 23.1 Å². The van der Waals surface area contributed by atoms with Crippen molar-refractivity contribution in [1.82, 2.24) is 9.78 Å². The Hall–Kier alpha value is -2.88. The molecule has 1 amide bonds. The van der Waals surface area contributed by atoms with Crippen LogP contribution in [0, 0.1) is 6.92 Å². The Labute approximate surface area is 161 Å². The van der Waals surface area contributed by atoms with Crippen LogP contribution in [0.3, 0.4) is 0 Å². The quantitative estimate of drug-likeness (QED) is 0.635. The van der Waals surface area contributed by atoms with Gasteiger partial charge in [-0.3, -0.25) is 4.79 Å². The zero-order valence-corrected chi connectivity index (χ0v) is 16.7. The second-order valence-electron chi connectivity index (χ2n) is 7.51. The molecule has 1 N–H and O–H groups in total. The molecule has 3 rings (SSSR count). The standard InChI is InChI=1S/C23H27N3O/c1-15(2)20-7-6-8-21(16(3)4)22(20)25-23(27)18-9-11-19(12-10-18)26-17(5)13-14-24-26/h6-16H,1-5H3,(H,25,27). The smallest absolute Gasteiger partial charge is 0.255 e. The molecule has 4 heteroatoms. The number of carbonyl (C=O) groups excluding carboxylic acids is 1. The van der Waals surface area contributed by atoms with E-state index in [0.717, 1.165) is 17.1 Å². The number of para-hydroxylation sites is 1. The van der Waals surface area contributed by atoms with Gasteiger partial charge in [-0.1, -0.05) is 45.9 Å². The number of nitrogens with one attached hydrogen (secondary N) is 1. The minimum atomic E-state index is -0.0891. The van der Waals surface area contributed by atoms with E-state index < -0.39 is 0 Å². The van der Waals surface area contributed by atoms with Crippen molar-refractivity contribution in [3.63, 3.8) is 0 Å². The van der Waals surface area contributed by atoms with E-state index in [9.17, 15) is 4.79 Å². The second kappa shape index (κ2) is 7.78. The first-order chi connectivity index (χ1) is 12.9. The number of amides is 1. The number of hydrogen-bond donors (Lipinski definition) is 1. The normalized spacial score (nSPS) is 11.2. The van der Waals surface area contributed by atoms with Gasteiger partial charge in [-0.2, -0.15) is 5.10 Å². The molecular formula is C23H27N3O. The van der Waals surface area contributed by atoms with E-state index in [2.05, 4.69) is 56.3 Å². The molecule has 0 radical (unpaired) electrons. The van der Waals surface area contributed by atoms with Crippen LogP contribution in [0.5, 0.6) is 0 Å². The predicted octanol–water partition coefficient (Wildman–Crippen LogP) is 5.68. The fraction of sp³-hybridized carbons (Fsp3) is 0.304. The van der Waals surface area contributed by atoms with E-state index in [1.54, 1.807) is 6.20 Å². The van der Waals surface area contributed by atoms with Gasteiger partial charge < -0.3 is 5.32 Å². The maximum atomic E-state index is 12.9. The van der Waals surface area contributed by atoms with E-state index >= 15 is 0 Å². The highest BCUT2D eigenvalue weighted by Crippen LogP contribution is 2.32. The minimum absolute atomic E-state index is 0.0891. The van der Waals surface area contributed by atoms with Crippen molar-refractivity contribution in [2.45, 2.75) is 46.5 Å². The molecule has 0 saturated carbocycles. The SMILES string of the molecule is Cc1ccnn1-c1ccc(C(=O)Nc2c(C(C)C)cccc2C(C)C)cc1. The fourth-order valence-corrected chi connectivity index (χ4v) is 3.27. The molecule has 2 aromatic carbocycles. The van der Waals surface area contributed by atoms with Crippen LogP contribution in [0.4, 0.5) is 5.69 Å². The maximum Gasteiger partial charge on any atom is 0.255 e. The summed E-state index contributed by atoms with van der Waals surface area (Å²) in [7, 11) is 0. The first-order valence-electron chi connectivity index (χ1n) is 9.43. The van der Waals surface area contributed by atoms with Gasteiger partial charge in [0.05, 0.1) is 5.69 Å². The molecule has 0 saturated heterocycles. The maximum absolute atomic E-state index is 12.9. The van der Waals surface area contributed by atoms with Crippen LogP contribution in [-0.2, 0) is 0 Å². The summed E-state index contributed by atoms with van der Waals surface area (Å²) in [5.74, 6) is 0.585. The van der Waals surface area contributed by atoms with Crippen molar-refractivity contribution in [1.29, 1.82) is 0 Å². The third-order valence-electron chi connectivity index (χ3n) is 4.82. The number of hydrogen-bond acceptors (Lipinski definition) is 2. The summed E-state index contributed by atoms with van der Waals surface area (Å²) in [4.78, 5) is 12.9. The van der Waals surface area contributed by atoms with Crippen LogP contribution >= 0.6 is 0 Å². The number of anilines is 1. The first kappa shape index (κ1) is 18.9. The first-order valence-corrected chi connectivity index (χ1v) is 9.43. The number of benzene rings is 2. The molecule has 0 fully saturated rings. The molecule has 1 aromatic heterocycles. The van der Waals surface area contributed by atoms with Gasteiger partial charge in [0.2, 0.25) is 0 Å². The highest BCUT2D eigenvalue weighted by Gasteiger charge is 2.17. The summed E-state index contributed by atoms with van der Waals surface area (Å²) in [6.45, 7) is 10.6. The average molecular weight is 361 g/mol. The zero-order valence-electron chi connectivity index (χ0n) is 16.7. The number of aryl methyl sites for hydroxylation is 1. The van der Waals surface area contributed by atoms with Gasteiger partial charge in [-0.15, -0.1) is 0 Å². The van der Waals surface area contributed by atoms with Crippen LogP contribution in [-0.4, -0.2) is 15.7 Å². The Morgan fingerprint density at radius 2 is 1.52 bits per heavy atom. The molecule has 0 atom stereocenters. The number of aromatic nitrogens is 2. The molecule has 1 heterocycles. The summed E-state index contributed by atoms with van der Waals surface area (Å²) in [6.07, 6.45) is 1.77. The Balaban J connectivity index is 1.89. The second-order valence-corrected chi connectivity index (χ2v) is 7.51. The van der Waals surface area contributed by atoms with Crippen molar-refractivity contribution in [3.8, 4) is 5.69 Å². The summed E-state index contributed by atoms with van der Waals surface area (Å²) in [5, 5.41) is 7.47. The van der Waals surface area contributed by atoms with E-state index in [0.29, 0.717) is 17.4 Å². The molecule has 27 heavy (non-hydrogen) atoms. The Kier molecular flexibility index (Phi) is 5.45. The zero-order chi connectivity index (χ0) is 19.6.